The molecule has 1 aromatic carbocycles. The molecule has 4 rings (SSSR count). The van der Waals surface area contributed by atoms with Gasteiger partial charge in [0.1, 0.15) is 30.2 Å². The van der Waals surface area contributed by atoms with Crippen LogP contribution in [0.2, 0.25) is 0 Å². The second kappa shape index (κ2) is 11.0. The lowest BCUT2D eigenvalue weighted by Gasteiger charge is -2.32. The zero-order valence-electron chi connectivity index (χ0n) is 23.4. The highest BCUT2D eigenvalue weighted by Gasteiger charge is 2.44. The maximum absolute atomic E-state index is 12.5. The predicted molar refractivity (Wildman–Crippen MR) is 149 cm³/mol. The van der Waals surface area contributed by atoms with Gasteiger partial charge in [0.25, 0.3) is 0 Å². The Labute approximate surface area is 228 Å². The van der Waals surface area contributed by atoms with Crippen molar-refractivity contribution in [3.05, 3.63) is 42.5 Å². The molecule has 1 aliphatic rings. The van der Waals surface area contributed by atoms with Gasteiger partial charge in [-0.1, -0.05) is 46.8 Å². The summed E-state index contributed by atoms with van der Waals surface area (Å²) in [5, 5.41) is 27.3. The number of hydrogen-bond donors (Lipinski definition) is 5. The molecule has 4 atom stereocenters. The van der Waals surface area contributed by atoms with E-state index in [1.54, 1.807) is 4.57 Å². The molecule has 4 unspecified atom stereocenters. The number of rotatable bonds is 8. The molecule has 3 heterocycles. The first kappa shape index (κ1) is 28.7. The standard InChI is InChI=1S/C27H40N8O4/c1-26(2,3)16-7-9-17(10-8-16)33-25(38)29-12-27(4,5)13-34(6)11-18-20(36)21(37)24(39-18)35-15-32-19-22(28)30-14-31-23(19)35/h7-10,14-15,18,20-21,24,36-37H,11-13H2,1-6H3,(H2,28,30,31)(H2,29,33,38). The average Bonchev–Trinajstić information content (AvgIpc) is 3.40. The van der Waals surface area contributed by atoms with Crippen molar-refractivity contribution in [2.24, 2.45) is 5.41 Å². The first-order valence-corrected chi connectivity index (χ1v) is 13.0. The van der Waals surface area contributed by atoms with Crippen molar-refractivity contribution >= 4 is 28.7 Å². The first-order chi connectivity index (χ1) is 18.2. The van der Waals surface area contributed by atoms with E-state index in [9.17, 15) is 15.0 Å². The van der Waals surface area contributed by atoms with Crippen molar-refractivity contribution in [3.63, 3.8) is 0 Å². The number of urea groups is 1. The van der Waals surface area contributed by atoms with Crippen LogP contribution in [0.4, 0.5) is 16.3 Å². The van der Waals surface area contributed by atoms with Gasteiger partial charge < -0.3 is 36.2 Å². The average molecular weight is 541 g/mol. The Morgan fingerprint density at radius 2 is 1.79 bits per heavy atom. The molecule has 12 heteroatoms. The van der Waals surface area contributed by atoms with Crippen molar-refractivity contribution < 1.29 is 19.7 Å². The summed E-state index contributed by atoms with van der Waals surface area (Å²) >= 11 is 0. The van der Waals surface area contributed by atoms with E-state index in [-0.39, 0.29) is 22.7 Å². The second-order valence-corrected chi connectivity index (χ2v) is 12.1. The van der Waals surface area contributed by atoms with Crippen molar-refractivity contribution in [3.8, 4) is 0 Å². The number of nitrogens with two attached hydrogens (primary N) is 1. The van der Waals surface area contributed by atoms with Crippen LogP contribution in [0.25, 0.3) is 11.2 Å². The number of benzene rings is 1. The van der Waals surface area contributed by atoms with Gasteiger partial charge >= 0.3 is 6.03 Å². The van der Waals surface area contributed by atoms with Crippen LogP contribution < -0.4 is 16.4 Å². The Morgan fingerprint density at radius 1 is 1.10 bits per heavy atom. The third kappa shape index (κ3) is 6.64. The molecule has 3 aromatic rings. The molecule has 0 spiro atoms. The number of aromatic nitrogens is 4. The number of likely N-dealkylation sites (N-methyl/N-ethyl adjacent to an activating group) is 1. The molecule has 0 aliphatic carbocycles. The Kier molecular flexibility index (Phi) is 8.12. The maximum Gasteiger partial charge on any atom is 0.319 e. The van der Waals surface area contributed by atoms with Crippen LogP contribution in [-0.4, -0.2) is 85.7 Å². The minimum atomic E-state index is -1.17. The number of anilines is 2. The summed E-state index contributed by atoms with van der Waals surface area (Å²) in [6, 6.07) is 7.58. The fourth-order valence-electron chi connectivity index (χ4n) is 4.87. The summed E-state index contributed by atoms with van der Waals surface area (Å²) in [6.45, 7) is 12.0. The van der Waals surface area contributed by atoms with Gasteiger partial charge in [-0.25, -0.2) is 19.7 Å². The maximum atomic E-state index is 12.5. The second-order valence-electron chi connectivity index (χ2n) is 12.1. The molecule has 0 bridgehead atoms. The Hall–Kier alpha value is -3.32. The zero-order chi connectivity index (χ0) is 28.5. The lowest BCUT2D eigenvalue weighted by Crippen LogP contribution is -2.45. The van der Waals surface area contributed by atoms with Crippen LogP contribution in [0.5, 0.6) is 0 Å². The van der Waals surface area contributed by atoms with Gasteiger partial charge in [0.05, 0.1) is 6.33 Å². The van der Waals surface area contributed by atoms with Gasteiger partial charge in [0, 0.05) is 25.3 Å². The van der Waals surface area contributed by atoms with E-state index in [0.717, 1.165) is 5.69 Å². The van der Waals surface area contributed by atoms with Gasteiger partial charge in [0.15, 0.2) is 17.7 Å². The molecule has 1 aliphatic heterocycles. The number of fused-ring (bicyclic) bond motifs is 1. The quantitative estimate of drug-likeness (QED) is 0.288. The molecule has 1 fully saturated rings. The number of nitrogens with zero attached hydrogens (tertiary/aromatic N) is 5. The van der Waals surface area contributed by atoms with E-state index >= 15 is 0 Å². The Balaban J connectivity index is 1.29. The fourth-order valence-corrected chi connectivity index (χ4v) is 4.87. The summed E-state index contributed by atoms with van der Waals surface area (Å²) in [6.07, 6.45) is -0.999. The molecule has 0 radical (unpaired) electrons. The van der Waals surface area contributed by atoms with E-state index in [4.69, 9.17) is 10.5 Å². The molecule has 1 saturated heterocycles. The van der Waals surface area contributed by atoms with Crippen molar-refractivity contribution in [2.75, 3.05) is 37.7 Å². The number of imidazole rings is 1. The van der Waals surface area contributed by atoms with Gasteiger partial charge in [-0.3, -0.25) is 4.57 Å². The van der Waals surface area contributed by atoms with Crippen LogP contribution in [0.15, 0.2) is 36.9 Å². The minimum Gasteiger partial charge on any atom is -0.387 e. The fraction of sp³-hybridized carbons (Fsp3) is 0.556. The zero-order valence-corrected chi connectivity index (χ0v) is 23.4. The van der Waals surface area contributed by atoms with Crippen LogP contribution in [0.1, 0.15) is 46.4 Å². The van der Waals surface area contributed by atoms with E-state index < -0.39 is 24.5 Å². The normalized spacial score (nSPS) is 22.0. The molecule has 2 aromatic heterocycles. The highest BCUT2D eigenvalue weighted by molar-refractivity contribution is 5.89. The molecular formula is C27H40N8O4. The van der Waals surface area contributed by atoms with Crippen molar-refractivity contribution in [2.45, 2.75) is 64.6 Å². The molecule has 212 valence electrons. The highest BCUT2D eigenvalue weighted by atomic mass is 16.6. The Bertz CT molecular complexity index is 1290. The van der Waals surface area contributed by atoms with Gasteiger partial charge in [-0.05, 0) is 35.6 Å². The lowest BCUT2D eigenvalue weighted by molar-refractivity contribution is -0.0441. The SMILES string of the molecule is CN(CC1OC(n2cnc3c(N)ncnc32)C(O)C1O)CC(C)(C)CNC(=O)Nc1ccc(C(C)(C)C)cc1. The predicted octanol–water partition coefficient (Wildman–Crippen LogP) is 2.10. The number of carbonyl (C=O) groups is 1. The number of ether oxygens (including phenoxy) is 1. The number of nitrogens with one attached hydrogen (secondary N) is 2. The first-order valence-electron chi connectivity index (χ1n) is 13.0. The van der Waals surface area contributed by atoms with E-state index in [2.05, 4.69) is 46.4 Å². The van der Waals surface area contributed by atoms with Crippen molar-refractivity contribution in [1.82, 2.24) is 29.7 Å². The molecule has 39 heavy (non-hydrogen) atoms. The third-order valence-electron chi connectivity index (χ3n) is 6.92. The summed E-state index contributed by atoms with van der Waals surface area (Å²) in [5.74, 6) is 0.228. The monoisotopic (exact) mass is 540 g/mol. The van der Waals surface area contributed by atoms with Crippen LogP contribution >= 0.6 is 0 Å². The summed E-state index contributed by atoms with van der Waals surface area (Å²) in [4.78, 5) is 26.9. The summed E-state index contributed by atoms with van der Waals surface area (Å²) in [7, 11) is 1.91. The molecule has 12 nitrogen and oxygen atoms in total. The molecule has 6 N–H and O–H groups in total. The highest BCUT2D eigenvalue weighted by Crippen LogP contribution is 2.32. The van der Waals surface area contributed by atoms with Crippen LogP contribution in [0, 0.1) is 5.41 Å². The summed E-state index contributed by atoms with van der Waals surface area (Å²) in [5.41, 5.74) is 8.39. The number of amides is 2. The lowest BCUT2D eigenvalue weighted by atomic mass is 9.87. The molecule has 0 saturated carbocycles. The van der Waals surface area contributed by atoms with Crippen molar-refractivity contribution in [1.29, 1.82) is 0 Å². The van der Waals surface area contributed by atoms with Gasteiger partial charge in [-0.2, -0.15) is 0 Å². The topological polar surface area (TPSA) is 164 Å². The Morgan fingerprint density at radius 3 is 2.46 bits per heavy atom. The number of aliphatic hydroxyl groups excluding tert-OH is 2. The van der Waals surface area contributed by atoms with E-state index in [0.29, 0.717) is 30.8 Å². The van der Waals surface area contributed by atoms with E-state index in [1.165, 1.54) is 18.2 Å². The van der Waals surface area contributed by atoms with E-state index in [1.807, 2.05) is 50.1 Å². The molecule has 2 amide bonds. The van der Waals surface area contributed by atoms with Crippen LogP contribution in [-0.2, 0) is 10.2 Å². The third-order valence-corrected chi connectivity index (χ3v) is 6.92. The molecular weight excluding hydrogens is 500 g/mol. The number of carbonyl (C=O) groups excluding carboxylic acids is 1. The largest absolute Gasteiger partial charge is 0.387 e. The number of hydrogen-bond acceptors (Lipinski definition) is 9. The number of aliphatic hydroxyl groups is 2. The van der Waals surface area contributed by atoms with Crippen LogP contribution in [0.3, 0.4) is 0 Å². The minimum absolute atomic E-state index is 0.0484. The van der Waals surface area contributed by atoms with Gasteiger partial charge in [-0.15, -0.1) is 0 Å². The summed E-state index contributed by atoms with van der Waals surface area (Å²) < 4.78 is 7.62. The van der Waals surface area contributed by atoms with Gasteiger partial charge in [0.2, 0.25) is 0 Å². The number of nitrogen functional groups attached to an aromatic ring is 1. The smallest absolute Gasteiger partial charge is 0.319 e.